The SMILES string of the molecule is CC[C@@H](C)NC(=O)c1ccc(COc2ccccc2Cl)cc1. The van der Waals surface area contributed by atoms with Crippen molar-refractivity contribution in [3.8, 4) is 5.75 Å². The standard InChI is InChI=1S/C18H20ClNO2/c1-3-13(2)20-18(21)15-10-8-14(9-11-15)12-22-17-7-5-4-6-16(17)19/h4-11,13H,3,12H2,1-2H3,(H,20,21)/t13-/m1/s1. The molecule has 0 aliphatic rings. The van der Waals surface area contributed by atoms with Crippen LogP contribution in [0.1, 0.15) is 36.2 Å². The molecule has 0 aliphatic carbocycles. The second-order valence-corrected chi connectivity index (χ2v) is 5.61. The molecule has 3 nitrogen and oxygen atoms in total. The van der Waals surface area contributed by atoms with E-state index >= 15 is 0 Å². The second kappa shape index (κ2) is 7.85. The molecule has 116 valence electrons. The summed E-state index contributed by atoms with van der Waals surface area (Å²) < 4.78 is 5.67. The third-order valence-corrected chi connectivity index (χ3v) is 3.75. The molecule has 2 aromatic carbocycles. The van der Waals surface area contributed by atoms with Gasteiger partial charge in [0.2, 0.25) is 0 Å². The highest BCUT2D eigenvalue weighted by atomic mass is 35.5. The number of carbonyl (C=O) groups excluding carboxylic acids is 1. The number of rotatable bonds is 6. The highest BCUT2D eigenvalue weighted by molar-refractivity contribution is 6.32. The molecule has 0 aromatic heterocycles. The third kappa shape index (κ3) is 4.50. The van der Waals surface area contributed by atoms with Gasteiger partial charge in [0.05, 0.1) is 5.02 Å². The maximum atomic E-state index is 12.0. The highest BCUT2D eigenvalue weighted by Crippen LogP contribution is 2.24. The van der Waals surface area contributed by atoms with E-state index in [0.717, 1.165) is 12.0 Å². The lowest BCUT2D eigenvalue weighted by Crippen LogP contribution is -2.31. The Morgan fingerprint density at radius 3 is 2.50 bits per heavy atom. The molecule has 1 amide bonds. The Hall–Kier alpha value is -2.00. The summed E-state index contributed by atoms with van der Waals surface area (Å²) in [5, 5.41) is 3.53. The Balaban J connectivity index is 1.95. The molecule has 0 saturated heterocycles. The maximum Gasteiger partial charge on any atom is 0.251 e. The average Bonchev–Trinajstić information content (AvgIpc) is 2.54. The van der Waals surface area contributed by atoms with Crippen LogP contribution < -0.4 is 10.1 Å². The molecular formula is C18H20ClNO2. The summed E-state index contributed by atoms with van der Waals surface area (Å²) >= 11 is 6.04. The van der Waals surface area contributed by atoms with Gasteiger partial charge in [-0.25, -0.2) is 0 Å². The molecule has 0 spiro atoms. The number of amides is 1. The van der Waals surface area contributed by atoms with E-state index in [1.54, 1.807) is 6.07 Å². The van der Waals surface area contributed by atoms with Gasteiger partial charge in [0.1, 0.15) is 12.4 Å². The van der Waals surface area contributed by atoms with Crippen molar-refractivity contribution in [1.29, 1.82) is 0 Å². The van der Waals surface area contributed by atoms with Crippen LogP contribution in [0.4, 0.5) is 0 Å². The summed E-state index contributed by atoms with van der Waals surface area (Å²) in [7, 11) is 0. The summed E-state index contributed by atoms with van der Waals surface area (Å²) in [5.41, 5.74) is 1.64. The van der Waals surface area contributed by atoms with Gasteiger partial charge in [-0.3, -0.25) is 4.79 Å². The molecule has 1 atom stereocenters. The fourth-order valence-corrected chi connectivity index (χ4v) is 2.07. The van der Waals surface area contributed by atoms with E-state index in [9.17, 15) is 4.79 Å². The summed E-state index contributed by atoms with van der Waals surface area (Å²) in [4.78, 5) is 12.0. The normalized spacial score (nSPS) is 11.8. The topological polar surface area (TPSA) is 38.3 Å². The molecular weight excluding hydrogens is 298 g/mol. The zero-order valence-corrected chi connectivity index (χ0v) is 13.6. The molecule has 4 heteroatoms. The zero-order chi connectivity index (χ0) is 15.9. The number of para-hydroxylation sites is 1. The minimum absolute atomic E-state index is 0.0482. The number of hydrogen-bond donors (Lipinski definition) is 1. The lowest BCUT2D eigenvalue weighted by molar-refractivity contribution is 0.0939. The van der Waals surface area contributed by atoms with E-state index < -0.39 is 0 Å². The van der Waals surface area contributed by atoms with Crippen molar-refractivity contribution in [2.24, 2.45) is 0 Å². The summed E-state index contributed by atoms with van der Waals surface area (Å²) in [6.07, 6.45) is 0.912. The number of nitrogens with one attached hydrogen (secondary N) is 1. The van der Waals surface area contributed by atoms with Crippen LogP contribution >= 0.6 is 11.6 Å². The molecule has 22 heavy (non-hydrogen) atoms. The van der Waals surface area contributed by atoms with Gasteiger partial charge in [-0.2, -0.15) is 0 Å². The number of carbonyl (C=O) groups is 1. The fraction of sp³-hybridized carbons (Fsp3) is 0.278. The molecule has 1 N–H and O–H groups in total. The van der Waals surface area contributed by atoms with Gasteiger partial charge in [0.25, 0.3) is 5.91 Å². The smallest absolute Gasteiger partial charge is 0.251 e. The minimum atomic E-state index is -0.0482. The quantitative estimate of drug-likeness (QED) is 0.855. The lowest BCUT2D eigenvalue weighted by Gasteiger charge is -2.12. The molecule has 0 bridgehead atoms. The Morgan fingerprint density at radius 2 is 1.86 bits per heavy atom. The van der Waals surface area contributed by atoms with Gasteiger partial charge in [-0.15, -0.1) is 0 Å². The average molecular weight is 318 g/mol. The van der Waals surface area contributed by atoms with Gasteiger partial charge in [-0.1, -0.05) is 42.8 Å². The summed E-state index contributed by atoms with van der Waals surface area (Å²) in [5.74, 6) is 0.607. The van der Waals surface area contributed by atoms with Crippen LogP contribution in [0.3, 0.4) is 0 Å². The Kier molecular flexibility index (Phi) is 5.84. The van der Waals surface area contributed by atoms with E-state index in [-0.39, 0.29) is 11.9 Å². The molecule has 0 fully saturated rings. The predicted octanol–water partition coefficient (Wildman–Crippen LogP) is 4.45. The molecule has 2 aromatic rings. The van der Waals surface area contributed by atoms with Gasteiger partial charge in [0, 0.05) is 11.6 Å². The zero-order valence-electron chi connectivity index (χ0n) is 12.8. The van der Waals surface area contributed by atoms with E-state index in [4.69, 9.17) is 16.3 Å². The number of benzene rings is 2. The van der Waals surface area contributed by atoms with E-state index in [0.29, 0.717) is 22.9 Å². The van der Waals surface area contributed by atoms with Crippen LogP contribution in [-0.2, 0) is 6.61 Å². The lowest BCUT2D eigenvalue weighted by atomic mass is 10.1. The molecule has 2 rings (SSSR count). The Labute approximate surface area is 136 Å². The Bertz CT molecular complexity index is 625. The second-order valence-electron chi connectivity index (χ2n) is 5.20. The van der Waals surface area contributed by atoms with Gasteiger partial charge in [-0.05, 0) is 43.2 Å². The third-order valence-electron chi connectivity index (χ3n) is 3.44. The first-order valence-electron chi connectivity index (χ1n) is 7.37. The first kappa shape index (κ1) is 16.4. The van der Waals surface area contributed by atoms with Crippen molar-refractivity contribution < 1.29 is 9.53 Å². The number of hydrogen-bond acceptors (Lipinski definition) is 2. The summed E-state index contributed by atoms with van der Waals surface area (Å²) in [6.45, 7) is 4.45. The van der Waals surface area contributed by atoms with Crippen LogP contribution in [0.5, 0.6) is 5.75 Å². The molecule has 0 aliphatic heterocycles. The van der Waals surface area contributed by atoms with E-state index in [2.05, 4.69) is 5.32 Å². The highest BCUT2D eigenvalue weighted by Gasteiger charge is 2.08. The minimum Gasteiger partial charge on any atom is -0.487 e. The van der Waals surface area contributed by atoms with Crippen molar-refractivity contribution in [2.45, 2.75) is 32.9 Å². The molecule has 0 heterocycles. The van der Waals surface area contributed by atoms with Gasteiger partial charge < -0.3 is 10.1 Å². The van der Waals surface area contributed by atoms with Gasteiger partial charge in [0.15, 0.2) is 0 Å². The van der Waals surface area contributed by atoms with Crippen molar-refractivity contribution in [3.05, 3.63) is 64.7 Å². The number of ether oxygens (including phenoxy) is 1. The van der Waals surface area contributed by atoms with Crippen LogP contribution in [0.2, 0.25) is 5.02 Å². The van der Waals surface area contributed by atoms with E-state index in [1.807, 2.05) is 56.3 Å². The Morgan fingerprint density at radius 1 is 1.18 bits per heavy atom. The first-order valence-corrected chi connectivity index (χ1v) is 7.75. The van der Waals surface area contributed by atoms with Crippen LogP contribution in [0.15, 0.2) is 48.5 Å². The predicted molar refractivity (Wildman–Crippen MR) is 89.4 cm³/mol. The largest absolute Gasteiger partial charge is 0.487 e. The van der Waals surface area contributed by atoms with Crippen molar-refractivity contribution in [2.75, 3.05) is 0 Å². The van der Waals surface area contributed by atoms with Crippen LogP contribution in [0, 0.1) is 0 Å². The van der Waals surface area contributed by atoms with Crippen molar-refractivity contribution in [1.82, 2.24) is 5.32 Å². The monoisotopic (exact) mass is 317 g/mol. The maximum absolute atomic E-state index is 12.0. The van der Waals surface area contributed by atoms with Crippen molar-refractivity contribution >= 4 is 17.5 Å². The first-order chi connectivity index (χ1) is 10.6. The van der Waals surface area contributed by atoms with Crippen LogP contribution in [0.25, 0.3) is 0 Å². The number of halogens is 1. The fourth-order valence-electron chi connectivity index (χ4n) is 1.88. The molecule has 0 radical (unpaired) electrons. The summed E-state index contributed by atoms with van der Waals surface area (Å²) in [6, 6.07) is 14.9. The molecule has 0 unspecified atom stereocenters. The molecule has 0 saturated carbocycles. The van der Waals surface area contributed by atoms with E-state index in [1.165, 1.54) is 0 Å². The van der Waals surface area contributed by atoms with Crippen molar-refractivity contribution in [3.63, 3.8) is 0 Å². The van der Waals surface area contributed by atoms with Gasteiger partial charge >= 0.3 is 0 Å². The van der Waals surface area contributed by atoms with Crippen LogP contribution in [-0.4, -0.2) is 11.9 Å².